The molecule has 0 unspecified atom stereocenters. The number of amides is 4. The van der Waals surface area contributed by atoms with Crippen LogP contribution in [0, 0.1) is 0 Å². The third kappa shape index (κ3) is 3.68. The van der Waals surface area contributed by atoms with Crippen molar-refractivity contribution in [3.8, 4) is 0 Å². The Balaban J connectivity index is 1.48. The number of rotatable bonds is 4. The van der Waals surface area contributed by atoms with Crippen molar-refractivity contribution in [3.63, 3.8) is 0 Å². The molecule has 0 aliphatic carbocycles. The minimum Gasteiger partial charge on any atom is -0.335 e. The van der Waals surface area contributed by atoms with Crippen molar-refractivity contribution in [2.24, 2.45) is 0 Å². The second kappa shape index (κ2) is 7.46. The molecule has 4 rings (SSSR count). The van der Waals surface area contributed by atoms with Crippen molar-refractivity contribution in [2.45, 2.75) is 12.5 Å². The molecule has 2 fully saturated rings. The van der Waals surface area contributed by atoms with Gasteiger partial charge in [-0.2, -0.15) is 0 Å². The van der Waals surface area contributed by atoms with Crippen LogP contribution in [0.25, 0.3) is 10.8 Å². The number of carbonyl (C=O) groups excluding carboxylic acids is 3. The summed E-state index contributed by atoms with van der Waals surface area (Å²) in [7, 11) is 2.11. The van der Waals surface area contributed by atoms with Gasteiger partial charge in [0.05, 0.1) is 33.2 Å². The van der Waals surface area contributed by atoms with Gasteiger partial charge in [-0.3, -0.25) is 19.9 Å². The first-order chi connectivity index (χ1) is 13.9. The Morgan fingerprint density at radius 2 is 1.83 bits per heavy atom. The zero-order valence-corrected chi connectivity index (χ0v) is 16.7. The van der Waals surface area contributed by atoms with E-state index in [1.807, 2.05) is 47.5 Å². The first-order valence-corrected chi connectivity index (χ1v) is 9.86. The molecule has 2 aliphatic heterocycles. The monoisotopic (exact) mass is 396 g/mol. The average molecular weight is 396 g/mol. The minimum absolute atomic E-state index is 0.299. The summed E-state index contributed by atoms with van der Waals surface area (Å²) in [6.07, 6.45) is 0. The molecule has 0 bridgehead atoms. The zero-order valence-electron chi connectivity index (χ0n) is 16.7. The summed E-state index contributed by atoms with van der Waals surface area (Å²) < 4.78 is 0. The highest BCUT2D eigenvalue weighted by Crippen LogP contribution is 2.30. The van der Waals surface area contributed by atoms with Crippen LogP contribution < -0.4 is 15.6 Å². The Morgan fingerprint density at radius 1 is 1.14 bits per heavy atom. The highest BCUT2D eigenvalue weighted by atomic mass is 16.2. The standard InChI is InChI=1S/C21H25N5O3/c1-21(17-8-7-15-5-3-4-6-16(15)13-17)19(28)26(20(29)22-21)14-18(27)23-25-11-9-24(2)10-12-25/h3-8,13H,9-12,14H2,1-2H3,(H,22,29)(H,23,27)/p+1/t21-/m0/s1. The maximum absolute atomic E-state index is 13.1. The number of quaternary nitrogens is 1. The van der Waals surface area contributed by atoms with Crippen LogP contribution in [0.3, 0.4) is 0 Å². The van der Waals surface area contributed by atoms with Crippen LogP contribution in [0.2, 0.25) is 0 Å². The van der Waals surface area contributed by atoms with Gasteiger partial charge in [0.1, 0.15) is 12.1 Å². The van der Waals surface area contributed by atoms with Crippen molar-refractivity contribution in [1.82, 2.24) is 20.7 Å². The predicted octanol–water partition coefficient (Wildman–Crippen LogP) is -0.532. The number of nitrogens with one attached hydrogen (secondary N) is 3. The second-order valence-corrected chi connectivity index (χ2v) is 7.99. The largest absolute Gasteiger partial charge is 0.335 e. The highest BCUT2D eigenvalue weighted by Gasteiger charge is 2.49. The van der Waals surface area contributed by atoms with Gasteiger partial charge in [-0.1, -0.05) is 36.4 Å². The molecular weight excluding hydrogens is 370 g/mol. The van der Waals surface area contributed by atoms with E-state index in [1.165, 1.54) is 4.90 Å². The van der Waals surface area contributed by atoms with E-state index in [4.69, 9.17) is 0 Å². The number of hydrogen-bond acceptors (Lipinski definition) is 4. The van der Waals surface area contributed by atoms with Gasteiger partial charge in [0.25, 0.3) is 11.8 Å². The van der Waals surface area contributed by atoms with Gasteiger partial charge in [-0.05, 0) is 29.3 Å². The molecule has 0 saturated carbocycles. The molecule has 3 N–H and O–H groups in total. The summed E-state index contributed by atoms with van der Waals surface area (Å²) in [5.74, 6) is -0.786. The lowest BCUT2D eigenvalue weighted by Gasteiger charge is -2.30. The molecule has 0 aromatic heterocycles. The zero-order chi connectivity index (χ0) is 20.6. The molecule has 152 valence electrons. The van der Waals surface area contributed by atoms with Crippen molar-refractivity contribution in [1.29, 1.82) is 0 Å². The molecule has 2 heterocycles. The number of benzene rings is 2. The molecule has 2 aromatic carbocycles. The molecule has 4 amide bonds. The summed E-state index contributed by atoms with van der Waals surface area (Å²) in [6, 6.07) is 13.0. The first kappa shape index (κ1) is 19.4. The van der Waals surface area contributed by atoms with E-state index in [1.54, 1.807) is 6.92 Å². The van der Waals surface area contributed by atoms with Crippen LogP contribution in [0.4, 0.5) is 4.79 Å². The minimum atomic E-state index is -1.20. The fourth-order valence-electron chi connectivity index (χ4n) is 3.89. The fraction of sp³-hybridized carbons (Fsp3) is 0.381. The number of carbonyl (C=O) groups is 3. The quantitative estimate of drug-likeness (QED) is 0.607. The van der Waals surface area contributed by atoms with E-state index < -0.39 is 17.5 Å². The van der Waals surface area contributed by atoms with Gasteiger partial charge >= 0.3 is 6.03 Å². The molecule has 8 nitrogen and oxygen atoms in total. The van der Waals surface area contributed by atoms with E-state index >= 15 is 0 Å². The number of hydrogen-bond donors (Lipinski definition) is 3. The smallest absolute Gasteiger partial charge is 0.325 e. The van der Waals surface area contributed by atoms with Gasteiger partial charge in [0, 0.05) is 0 Å². The van der Waals surface area contributed by atoms with E-state index in [9.17, 15) is 14.4 Å². The molecule has 1 atom stereocenters. The van der Waals surface area contributed by atoms with Gasteiger partial charge in [-0.25, -0.2) is 9.80 Å². The second-order valence-electron chi connectivity index (χ2n) is 7.99. The van der Waals surface area contributed by atoms with Crippen LogP contribution in [-0.2, 0) is 15.1 Å². The van der Waals surface area contributed by atoms with Crippen LogP contribution >= 0.6 is 0 Å². The van der Waals surface area contributed by atoms with E-state index in [2.05, 4.69) is 17.8 Å². The average Bonchev–Trinajstić information content (AvgIpc) is 2.93. The summed E-state index contributed by atoms with van der Waals surface area (Å²) in [4.78, 5) is 40.4. The lowest BCUT2D eigenvalue weighted by atomic mass is 9.90. The number of urea groups is 1. The normalized spacial score (nSPS) is 23.4. The molecule has 2 saturated heterocycles. The van der Waals surface area contributed by atoms with Gasteiger partial charge in [-0.15, -0.1) is 0 Å². The number of likely N-dealkylation sites (N-methyl/N-ethyl adjacent to an activating group) is 1. The number of nitrogens with zero attached hydrogens (tertiary/aromatic N) is 2. The molecule has 8 heteroatoms. The molecule has 29 heavy (non-hydrogen) atoms. The Kier molecular flexibility index (Phi) is 4.97. The van der Waals surface area contributed by atoms with Gasteiger partial charge in [0.2, 0.25) is 0 Å². The predicted molar refractivity (Wildman–Crippen MR) is 108 cm³/mol. The summed E-state index contributed by atoms with van der Waals surface area (Å²) in [5, 5.41) is 6.65. The van der Waals surface area contributed by atoms with Crippen LogP contribution in [0.1, 0.15) is 12.5 Å². The van der Waals surface area contributed by atoms with Gasteiger partial charge in [0.15, 0.2) is 0 Å². The van der Waals surface area contributed by atoms with Crippen LogP contribution in [0.5, 0.6) is 0 Å². The maximum Gasteiger partial charge on any atom is 0.325 e. The molecular formula is C21H26N5O3+. The Hall–Kier alpha value is -2.97. The van der Waals surface area contributed by atoms with Crippen molar-refractivity contribution < 1.29 is 19.3 Å². The third-order valence-electron chi connectivity index (χ3n) is 5.80. The third-order valence-corrected chi connectivity index (χ3v) is 5.80. The molecule has 2 aromatic rings. The number of fused-ring (bicyclic) bond motifs is 1. The van der Waals surface area contributed by atoms with Crippen molar-refractivity contribution >= 4 is 28.6 Å². The maximum atomic E-state index is 13.1. The van der Waals surface area contributed by atoms with Crippen LogP contribution in [0.15, 0.2) is 42.5 Å². The summed E-state index contributed by atoms with van der Waals surface area (Å²) >= 11 is 0. The molecule has 0 radical (unpaired) electrons. The fourth-order valence-corrected chi connectivity index (χ4v) is 3.89. The van der Waals surface area contributed by atoms with Crippen LogP contribution in [-0.4, -0.2) is 67.5 Å². The highest BCUT2D eigenvalue weighted by molar-refractivity contribution is 6.09. The van der Waals surface area contributed by atoms with Gasteiger partial charge < -0.3 is 10.2 Å². The Bertz CT molecular complexity index is 970. The van der Waals surface area contributed by atoms with E-state index in [0.29, 0.717) is 5.56 Å². The molecule has 0 spiro atoms. The summed E-state index contributed by atoms with van der Waals surface area (Å²) in [5.41, 5.74) is 2.30. The number of hydrazine groups is 1. The lowest BCUT2D eigenvalue weighted by molar-refractivity contribution is -0.884. The van der Waals surface area contributed by atoms with E-state index in [-0.39, 0.29) is 12.5 Å². The Morgan fingerprint density at radius 3 is 2.55 bits per heavy atom. The Labute approximate surface area is 169 Å². The topological polar surface area (TPSA) is 86.2 Å². The van der Waals surface area contributed by atoms with Crippen molar-refractivity contribution in [2.75, 3.05) is 39.8 Å². The first-order valence-electron chi connectivity index (χ1n) is 9.86. The summed E-state index contributed by atoms with van der Waals surface area (Å²) in [6.45, 7) is 4.73. The lowest BCUT2D eigenvalue weighted by Crippen LogP contribution is -3.12. The SMILES string of the molecule is C[NH+]1CCN(NC(=O)CN2C(=O)N[C@@](C)(c3ccc4ccccc4c3)C2=O)CC1. The van der Waals surface area contributed by atoms with Crippen molar-refractivity contribution in [3.05, 3.63) is 48.0 Å². The molecule has 2 aliphatic rings. The van der Waals surface area contributed by atoms with E-state index in [0.717, 1.165) is 41.9 Å². The number of piperazine rings is 1. The number of imide groups is 1.